The molecule has 1 saturated heterocycles. The molecule has 0 amide bonds. The van der Waals surface area contributed by atoms with Gasteiger partial charge in [0.1, 0.15) is 5.60 Å². The van der Waals surface area contributed by atoms with Crippen LogP contribution in [0.25, 0.3) is 0 Å². The van der Waals surface area contributed by atoms with Crippen molar-refractivity contribution in [2.24, 2.45) is 7.05 Å². The van der Waals surface area contributed by atoms with Crippen molar-refractivity contribution in [1.82, 2.24) is 14.7 Å². The molecule has 16 heavy (non-hydrogen) atoms. The molecule has 0 spiro atoms. The first-order chi connectivity index (χ1) is 7.44. The molecule has 2 unspecified atom stereocenters. The number of nitrogens with zero attached hydrogens (tertiary/aromatic N) is 3. The second-order valence-corrected chi connectivity index (χ2v) is 5.63. The van der Waals surface area contributed by atoms with Gasteiger partial charge in [0.25, 0.3) is 0 Å². The lowest BCUT2D eigenvalue weighted by molar-refractivity contribution is -0.0471. The summed E-state index contributed by atoms with van der Waals surface area (Å²) in [5, 5.41) is 14.9. The third-order valence-corrected chi connectivity index (χ3v) is 4.18. The first kappa shape index (κ1) is 12.1. The van der Waals surface area contributed by atoms with Gasteiger partial charge in [-0.25, -0.2) is 0 Å². The summed E-state index contributed by atoms with van der Waals surface area (Å²) in [5.74, 6) is 0. The van der Waals surface area contributed by atoms with Gasteiger partial charge < -0.3 is 10.0 Å². The molecule has 1 aromatic heterocycles. The van der Waals surface area contributed by atoms with Gasteiger partial charge in [0, 0.05) is 19.6 Å². The SMILES string of the molecule is CC1CC(O)(c2c(Br)cnn2C)CCN1C. The topological polar surface area (TPSA) is 41.3 Å². The van der Waals surface area contributed by atoms with Gasteiger partial charge in [0.2, 0.25) is 0 Å². The number of aryl methyl sites for hydroxylation is 1. The molecule has 2 atom stereocenters. The number of hydrogen-bond donors (Lipinski definition) is 1. The van der Waals surface area contributed by atoms with Gasteiger partial charge in [0.15, 0.2) is 0 Å². The summed E-state index contributed by atoms with van der Waals surface area (Å²) in [5.41, 5.74) is 0.142. The lowest BCUT2D eigenvalue weighted by Gasteiger charge is -2.41. The highest BCUT2D eigenvalue weighted by Gasteiger charge is 2.40. The fourth-order valence-electron chi connectivity index (χ4n) is 2.48. The molecular weight excluding hydrogens is 270 g/mol. The summed E-state index contributed by atoms with van der Waals surface area (Å²) in [6.07, 6.45) is 3.25. The van der Waals surface area contributed by atoms with Crippen molar-refractivity contribution in [1.29, 1.82) is 0 Å². The summed E-state index contributed by atoms with van der Waals surface area (Å²) in [4.78, 5) is 2.28. The second kappa shape index (κ2) is 4.13. The van der Waals surface area contributed by atoms with Gasteiger partial charge in [-0.2, -0.15) is 5.10 Å². The van der Waals surface area contributed by atoms with E-state index in [-0.39, 0.29) is 0 Å². The molecule has 1 N–H and O–H groups in total. The molecule has 2 heterocycles. The van der Waals surface area contributed by atoms with E-state index in [1.807, 2.05) is 7.05 Å². The molecule has 0 bridgehead atoms. The van der Waals surface area contributed by atoms with Crippen molar-refractivity contribution in [3.8, 4) is 0 Å². The lowest BCUT2D eigenvalue weighted by Crippen LogP contribution is -2.46. The van der Waals surface area contributed by atoms with Gasteiger partial charge in [-0.3, -0.25) is 4.68 Å². The van der Waals surface area contributed by atoms with Crippen LogP contribution in [0, 0.1) is 0 Å². The van der Waals surface area contributed by atoms with Crippen LogP contribution in [0.1, 0.15) is 25.5 Å². The van der Waals surface area contributed by atoms with E-state index >= 15 is 0 Å². The first-order valence-corrected chi connectivity index (χ1v) is 6.34. The number of piperidine rings is 1. The van der Waals surface area contributed by atoms with Gasteiger partial charge >= 0.3 is 0 Å². The van der Waals surface area contributed by atoms with Crippen LogP contribution >= 0.6 is 15.9 Å². The lowest BCUT2D eigenvalue weighted by atomic mass is 9.84. The third kappa shape index (κ3) is 1.92. The first-order valence-electron chi connectivity index (χ1n) is 5.54. The predicted octanol–water partition coefficient (Wildman–Crippen LogP) is 1.48. The zero-order valence-electron chi connectivity index (χ0n) is 9.94. The van der Waals surface area contributed by atoms with E-state index in [0.717, 1.165) is 29.6 Å². The molecule has 5 heteroatoms. The fourth-order valence-corrected chi connectivity index (χ4v) is 3.19. The highest BCUT2D eigenvalue weighted by Crippen LogP contribution is 2.38. The molecule has 1 aliphatic rings. The standard InChI is InChI=1S/C11H18BrN3O/c1-8-6-11(16,4-5-14(8)2)10-9(12)7-13-15(10)3/h7-8,16H,4-6H2,1-3H3. The van der Waals surface area contributed by atoms with E-state index in [1.165, 1.54) is 0 Å². The molecule has 1 aromatic rings. The van der Waals surface area contributed by atoms with Crippen LogP contribution in [-0.2, 0) is 12.6 Å². The molecule has 0 aromatic carbocycles. The monoisotopic (exact) mass is 287 g/mol. The maximum atomic E-state index is 10.8. The molecule has 2 rings (SSSR count). The van der Waals surface area contributed by atoms with E-state index in [1.54, 1.807) is 10.9 Å². The van der Waals surface area contributed by atoms with E-state index in [4.69, 9.17) is 0 Å². The van der Waals surface area contributed by atoms with Gasteiger partial charge in [-0.05, 0) is 42.7 Å². The van der Waals surface area contributed by atoms with Crippen LogP contribution < -0.4 is 0 Å². The van der Waals surface area contributed by atoms with Crippen molar-refractivity contribution in [2.75, 3.05) is 13.6 Å². The van der Waals surface area contributed by atoms with Crippen LogP contribution in [-0.4, -0.2) is 39.4 Å². The number of rotatable bonds is 1. The van der Waals surface area contributed by atoms with Crippen molar-refractivity contribution in [2.45, 2.75) is 31.4 Å². The molecule has 4 nitrogen and oxygen atoms in total. The van der Waals surface area contributed by atoms with Gasteiger partial charge in [0.05, 0.1) is 16.4 Å². The quantitative estimate of drug-likeness (QED) is 0.851. The summed E-state index contributed by atoms with van der Waals surface area (Å²) >= 11 is 3.47. The number of likely N-dealkylation sites (tertiary alicyclic amines) is 1. The van der Waals surface area contributed by atoms with E-state index < -0.39 is 5.60 Å². The maximum absolute atomic E-state index is 10.8. The van der Waals surface area contributed by atoms with E-state index in [2.05, 4.69) is 39.9 Å². The minimum absolute atomic E-state index is 0.389. The molecule has 0 aliphatic carbocycles. The highest BCUT2D eigenvalue weighted by molar-refractivity contribution is 9.10. The van der Waals surface area contributed by atoms with Crippen molar-refractivity contribution in [3.05, 3.63) is 16.4 Å². The highest BCUT2D eigenvalue weighted by atomic mass is 79.9. The van der Waals surface area contributed by atoms with Crippen molar-refractivity contribution < 1.29 is 5.11 Å². The summed E-state index contributed by atoms with van der Waals surface area (Å²) in [6, 6.07) is 0.389. The largest absolute Gasteiger partial charge is 0.383 e. The maximum Gasteiger partial charge on any atom is 0.110 e. The van der Waals surface area contributed by atoms with Crippen LogP contribution in [0.2, 0.25) is 0 Å². The van der Waals surface area contributed by atoms with Gasteiger partial charge in [-0.15, -0.1) is 0 Å². The zero-order valence-corrected chi connectivity index (χ0v) is 11.5. The number of aromatic nitrogens is 2. The molecular formula is C11H18BrN3O. The van der Waals surface area contributed by atoms with Crippen molar-refractivity contribution in [3.63, 3.8) is 0 Å². The van der Waals surface area contributed by atoms with Crippen LogP contribution in [0.4, 0.5) is 0 Å². The Bertz CT molecular complexity index is 373. The Balaban J connectivity index is 2.33. The zero-order chi connectivity index (χ0) is 11.9. The van der Waals surface area contributed by atoms with Crippen LogP contribution in [0.5, 0.6) is 0 Å². The minimum atomic E-state index is -0.754. The average Bonchev–Trinajstić information content (AvgIpc) is 2.54. The Kier molecular flexibility index (Phi) is 3.11. The summed E-state index contributed by atoms with van der Waals surface area (Å²) in [6.45, 7) is 3.06. The molecule has 0 saturated carbocycles. The molecule has 90 valence electrons. The Labute approximate surface area is 104 Å². The van der Waals surface area contributed by atoms with E-state index in [0.29, 0.717) is 6.04 Å². The smallest absolute Gasteiger partial charge is 0.110 e. The number of hydrogen-bond acceptors (Lipinski definition) is 3. The van der Waals surface area contributed by atoms with Crippen LogP contribution in [0.3, 0.4) is 0 Å². The number of aliphatic hydroxyl groups is 1. The Morgan fingerprint density at radius 2 is 2.25 bits per heavy atom. The Morgan fingerprint density at radius 3 is 2.75 bits per heavy atom. The fraction of sp³-hybridized carbons (Fsp3) is 0.727. The van der Waals surface area contributed by atoms with E-state index in [9.17, 15) is 5.11 Å². The van der Waals surface area contributed by atoms with Crippen LogP contribution in [0.15, 0.2) is 10.7 Å². The molecule has 1 aliphatic heterocycles. The second-order valence-electron chi connectivity index (χ2n) is 4.78. The molecule has 0 radical (unpaired) electrons. The minimum Gasteiger partial charge on any atom is -0.383 e. The predicted molar refractivity (Wildman–Crippen MR) is 66.1 cm³/mol. The van der Waals surface area contributed by atoms with Gasteiger partial charge in [-0.1, -0.05) is 0 Å². The third-order valence-electron chi connectivity index (χ3n) is 3.60. The summed E-state index contributed by atoms with van der Waals surface area (Å²) in [7, 11) is 3.98. The number of halogens is 1. The van der Waals surface area contributed by atoms with Crippen molar-refractivity contribution >= 4 is 15.9 Å². The normalized spacial score (nSPS) is 31.9. The average molecular weight is 288 g/mol. The molecule has 1 fully saturated rings. The Hall–Kier alpha value is -0.390. The summed E-state index contributed by atoms with van der Waals surface area (Å²) < 4.78 is 2.66. The Morgan fingerprint density at radius 1 is 1.56 bits per heavy atom.